The second-order valence-corrected chi connectivity index (χ2v) is 6.98. The zero-order valence-electron chi connectivity index (χ0n) is 13.9. The number of carbonyl (C=O) groups excluding carboxylic acids is 1. The van der Waals surface area contributed by atoms with E-state index in [-0.39, 0.29) is 5.91 Å². The number of hydrogen-bond acceptors (Lipinski definition) is 2. The van der Waals surface area contributed by atoms with Crippen LogP contribution in [0.4, 0.5) is 11.4 Å². The van der Waals surface area contributed by atoms with Gasteiger partial charge in [0.15, 0.2) is 0 Å². The summed E-state index contributed by atoms with van der Waals surface area (Å²) < 4.78 is 0.968. The van der Waals surface area contributed by atoms with Crippen molar-refractivity contribution in [3.05, 3.63) is 58.6 Å². The van der Waals surface area contributed by atoms with Gasteiger partial charge in [-0.15, -0.1) is 0 Å². The Labute approximate surface area is 151 Å². The third kappa shape index (κ3) is 3.97. The number of benzene rings is 2. The highest BCUT2D eigenvalue weighted by Crippen LogP contribution is 2.26. The predicted octanol–water partition coefficient (Wildman–Crippen LogP) is 2.43. The third-order valence-electron chi connectivity index (χ3n) is 4.57. The van der Waals surface area contributed by atoms with Crippen molar-refractivity contribution in [1.82, 2.24) is 0 Å². The van der Waals surface area contributed by atoms with Crippen molar-refractivity contribution >= 4 is 33.2 Å². The molecule has 1 heterocycles. The standard InChI is InChI=1S/C19H22BrN3O/c1-2-22-11-13-23(14-12-22)18-6-4-3-5-17(18)21-19(24)15-7-9-16(20)10-8-15/h3-10H,2,11-14H2,1H3,(H,21,24)/p+1. The second-order valence-electron chi connectivity index (χ2n) is 6.07. The van der Waals surface area contributed by atoms with Gasteiger partial charge in [0.25, 0.3) is 5.91 Å². The lowest BCUT2D eigenvalue weighted by Gasteiger charge is -2.34. The minimum Gasteiger partial charge on any atom is -0.359 e. The fraction of sp³-hybridized carbons (Fsp3) is 0.316. The normalized spacial score (nSPS) is 15.3. The molecule has 1 aliphatic rings. The molecule has 1 aliphatic heterocycles. The minimum absolute atomic E-state index is 0.0761. The summed E-state index contributed by atoms with van der Waals surface area (Å²) in [6.07, 6.45) is 0. The summed E-state index contributed by atoms with van der Waals surface area (Å²) in [4.78, 5) is 16.5. The molecule has 0 radical (unpaired) electrons. The Morgan fingerprint density at radius 1 is 1.12 bits per heavy atom. The topological polar surface area (TPSA) is 36.8 Å². The zero-order valence-corrected chi connectivity index (χ0v) is 15.5. The zero-order chi connectivity index (χ0) is 16.9. The molecule has 0 bridgehead atoms. The van der Waals surface area contributed by atoms with Crippen LogP contribution in [0.25, 0.3) is 0 Å². The van der Waals surface area contributed by atoms with E-state index in [9.17, 15) is 4.79 Å². The smallest absolute Gasteiger partial charge is 0.255 e. The molecule has 0 saturated carbocycles. The maximum Gasteiger partial charge on any atom is 0.255 e. The third-order valence-corrected chi connectivity index (χ3v) is 5.10. The lowest BCUT2D eigenvalue weighted by molar-refractivity contribution is -0.898. The van der Waals surface area contributed by atoms with Crippen LogP contribution in [-0.2, 0) is 0 Å². The Hall–Kier alpha value is -1.85. The van der Waals surface area contributed by atoms with Gasteiger partial charge in [0.05, 0.1) is 44.1 Å². The highest BCUT2D eigenvalue weighted by Gasteiger charge is 2.21. The van der Waals surface area contributed by atoms with Crippen LogP contribution in [0.1, 0.15) is 17.3 Å². The molecular formula is C19H23BrN3O+. The molecule has 1 saturated heterocycles. The first-order valence-corrected chi connectivity index (χ1v) is 9.21. The average molecular weight is 389 g/mol. The molecule has 24 heavy (non-hydrogen) atoms. The van der Waals surface area contributed by atoms with Crippen molar-refractivity contribution in [3.8, 4) is 0 Å². The van der Waals surface area contributed by atoms with Crippen molar-refractivity contribution in [3.63, 3.8) is 0 Å². The SMILES string of the molecule is CC[NH+]1CCN(c2ccccc2NC(=O)c2ccc(Br)cc2)CC1. The van der Waals surface area contributed by atoms with Crippen LogP contribution < -0.4 is 15.1 Å². The average Bonchev–Trinajstić information content (AvgIpc) is 2.63. The van der Waals surface area contributed by atoms with Crippen LogP contribution in [0.2, 0.25) is 0 Å². The highest BCUT2D eigenvalue weighted by molar-refractivity contribution is 9.10. The Balaban J connectivity index is 1.74. The van der Waals surface area contributed by atoms with Gasteiger partial charge in [-0.25, -0.2) is 0 Å². The lowest BCUT2D eigenvalue weighted by Crippen LogP contribution is -3.14. The maximum absolute atomic E-state index is 12.5. The number of nitrogens with one attached hydrogen (secondary N) is 2. The molecule has 1 amide bonds. The molecule has 0 aliphatic carbocycles. The van der Waals surface area contributed by atoms with Crippen LogP contribution in [-0.4, -0.2) is 38.6 Å². The van der Waals surface area contributed by atoms with E-state index in [1.807, 2.05) is 42.5 Å². The largest absolute Gasteiger partial charge is 0.359 e. The number of nitrogens with zero attached hydrogens (tertiary/aromatic N) is 1. The maximum atomic E-state index is 12.5. The van der Waals surface area contributed by atoms with Gasteiger partial charge in [-0.3, -0.25) is 4.79 Å². The predicted molar refractivity (Wildman–Crippen MR) is 102 cm³/mol. The van der Waals surface area contributed by atoms with E-state index in [1.165, 1.54) is 6.54 Å². The fourth-order valence-electron chi connectivity index (χ4n) is 3.07. The quantitative estimate of drug-likeness (QED) is 0.843. The van der Waals surface area contributed by atoms with Gasteiger partial charge in [0.1, 0.15) is 0 Å². The number of para-hydroxylation sites is 2. The fourth-order valence-corrected chi connectivity index (χ4v) is 3.33. The molecule has 1 fully saturated rings. The molecule has 2 aromatic rings. The van der Waals surface area contributed by atoms with Gasteiger partial charge in [0.2, 0.25) is 0 Å². The number of halogens is 1. The van der Waals surface area contributed by atoms with Crippen LogP contribution >= 0.6 is 15.9 Å². The molecule has 4 nitrogen and oxygen atoms in total. The van der Waals surface area contributed by atoms with Gasteiger partial charge in [-0.05, 0) is 43.3 Å². The van der Waals surface area contributed by atoms with Gasteiger partial charge in [-0.2, -0.15) is 0 Å². The summed E-state index contributed by atoms with van der Waals surface area (Å²) in [6, 6.07) is 15.5. The van der Waals surface area contributed by atoms with Gasteiger partial charge >= 0.3 is 0 Å². The van der Waals surface area contributed by atoms with Crippen molar-refractivity contribution in [2.24, 2.45) is 0 Å². The first kappa shape index (κ1) is 17.0. The van der Waals surface area contributed by atoms with Crippen molar-refractivity contribution < 1.29 is 9.69 Å². The van der Waals surface area contributed by atoms with Crippen LogP contribution in [0.15, 0.2) is 53.0 Å². The molecular weight excluding hydrogens is 366 g/mol. The van der Waals surface area contributed by atoms with Crippen LogP contribution in [0.5, 0.6) is 0 Å². The molecule has 2 N–H and O–H groups in total. The van der Waals surface area contributed by atoms with E-state index in [2.05, 4.69) is 39.1 Å². The minimum atomic E-state index is -0.0761. The van der Waals surface area contributed by atoms with E-state index in [1.54, 1.807) is 4.90 Å². The van der Waals surface area contributed by atoms with E-state index in [0.717, 1.165) is 42.0 Å². The summed E-state index contributed by atoms with van der Waals surface area (Å²) >= 11 is 3.40. The Morgan fingerprint density at radius 3 is 2.46 bits per heavy atom. The lowest BCUT2D eigenvalue weighted by atomic mass is 10.2. The van der Waals surface area contributed by atoms with E-state index in [0.29, 0.717) is 5.56 Å². The van der Waals surface area contributed by atoms with Gasteiger partial charge < -0.3 is 15.1 Å². The number of piperazine rings is 1. The first-order chi connectivity index (χ1) is 11.7. The summed E-state index contributed by atoms with van der Waals surface area (Å²) in [5, 5.41) is 3.07. The Kier molecular flexibility index (Phi) is 5.53. The van der Waals surface area contributed by atoms with Crippen molar-refractivity contribution in [1.29, 1.82) is 0 Å². The molecule has 5 heteroatoms. The number of anilines is 2. The van der Waals surface area contributed by atoms with Gasteiger partial charge in [-0.1, -0.05) is 28.1 Å². The monoisotopic (exact) mass is 388 g/mol. The molecule has 0 unspecified atom stereocenters. The molecule has 0 aromatic heterocycles. The molecule has 2 aromatic carbocycles. The highest BCUT2D eigenvalue weighted by atomic mass is 79.9. The number of likely N-dealkylation sites (N-methyl/N-ethyl adjacent to an activating group) is 1. The number of hydrogen-bond donors (Lipinski definition) is 2. The molecule has 0 atom stereocenters. The Morgan fingerprint density at radius 2 is 1.79 bits per heavy atom. The summed E-state index contributed by atoms with van der Waals surface area (Å²) in [6.45, 7) is 7.74. The van der Waals surface area contributed by atoms with E-state index < -0.39 is 0 Å². The van der Waals surface area contributed by atoms with Crippen molar-refractivity contribution in [2.75, 3.05) is 42.9 Å². The second kappa shape index (κ2) is 7.81. The summed E-state index contributed by atoms with van der Waals surface area (Å²) in [5.41, 5.74) is 2.65. The number of carbonyl (C=O) groups is 1. The van der Waals surface area contributed by atoms with E-state index >= 15 is 0 Å². The van der Waals surface area contributed by atoms with Crippen LogP contribution in [0, 0.1) is 0 Å². The summed E-state index contributed by atoms with van der Waals surface area (Å²) in [5.74, 6) is -0.0761. The number of rotatable bonds is 4. The molecule has 0 spiro atoms. The number of amides is 1. The van der Waals surface area contributed by atoms with Crippen LogP contribution in [0.3, 0.4) is 0 Å². The Bertz CT molecular complexity index is 694. The van der Waals surface area contributed by atoms with Gasteiger partial charge in [0, 0.05) is 10.0 Å². The number of quaternary nitrogens is 1. The molecule has 126 valence electrons. The van der Waals surface area contributed by atoms with E-state index in [4.69, 9.17) is 0 Å². The molecule has 3 rings (SSSR count). The van der Waals surface area contributed by atoms with Crippen molar-refractivity contribution in [2.45, 2.75) is 6.92 Å². The first-order valence-electron chi connectivity index (χ1n) is 8.42. The summed E-state index contributed by atoms with van der Waals surface area (Å²) in [7, 11) is 0.